The largest absolute Gasteiger partial charge is 0.330 e. The maximum absolute atomic E-state index is 5.87. The summed E-state index contributed by atoms with van der Waals surface area (Å²) in [4.78, 5) is 0. The fourth-order valence-electron chi connectivity index (χ4n) is 1.72. The molecule has 0 aromatic rings. The Bertz CT molecular complexity index is 104. The van der Waals surface area contributed by atoms with Crippen molar-refractivity contribution in [2.24, 2.45) is 11.5 Å². The summed E-state index contributed by atoms with van der Waals surface area (Å²) in [5.41, 5.74) is 11.3. The second-order valence-corrected chi connectivity index (χ2v) is 4.25. The topological polar surface area (TPSA) is 52.0 Å². The molecule has 0 saturated carbocycles. The third-order valence-electron chi connectivity index (χ3n) is 2.72. The zero-order chi connectivity index (χ0) is 10.6. The van der Waals surface area contributed by atoms with Crippen molar-refractivity contribution in [1.29, 1.82) is 0 Å². The van der Waals surface area contributed by atoms with Crippen LogP contribution >= 0.6 is 0 Å². The lowest BCUT2D eigenvalue weighted by atomic mass is 10.0. The van der Waals surface area contributed by atoms with E-state index in [1.54, 1.807) is 0 Å². The predicted octanol–water partition coefficient (Wildman–Crippen LogP) is 2.80. The zero-order valence-electron chi connectivity index (χ0n) is 9.80. The molecular weight excluding hydrogens is 172 g/mol. The highest BCUT2D eigenvalue weighted by molar-refractivity contribution is 4.61. The van der Waals surface area contributed by atoms with Crippen molar-refractivity contribution in [3.63, 3.8) is 0 Å². The van der Waals surface area contributed by atoms with Crippen molar-refractivity contribution in [3.8, 4) is 0 Å². The predicted molar refractivity (Wildman–Crippen MR) is 64.3 cm³/mol. The molecule has 0 spiro atoms. The van der Waals surface area contributed by atoms with Crippen LogP contribution in [-0.4, -0.2) is 12.6 Å². The van der Waals surface area contributed by atoms with Crippen molar-refractivity contribution in [1.82, 2.24) is 0 Å². The summed E-state index contributed by atoms with van der Waals surface area (Å²) in [7, 11) is 0. The molecule has 0 aromatic carbocycles. The summed E-state index contributed by atoms with van der Waals surface area (Å²) < 4.78 is 0. The summed E-state index contributed by atoms with van der Waals surface area (Å²) in [5.74, 6) is 0. The molecule has 2 heteroatoms. The molecule has 14 heavy (non-hydrogen) atoms. The first kappa shape index (κ1) is 13.9. The van der Waals surface area contributed by atoms with E-state index in [1.807, 2.05) is 0 Å². The van der Waals surface area contributed by atoms with E-state index in [4.69, 9.17) is 11.5 Å². The standard InChI is InChI=1S/C12H28N2/c1-2-3-4-5-6-7-8-9-12(14)10-11-13/h12H,2-11,13-14H2,1H3. The Balaban J connectivity index is 2.98. The average Bonchev–Trinajstić information content (AvgIpc) is 2.17. The molecule has 0 aliphatic rings. The Kier molecular flexibility index (Phi) is 10.9. The van der Waals surface area contributed by atoms with E-state index in [2.05, 4.69) is 6.92 Å². The average molecular weight is 200 g/mol. The van der Waals surface area contributed by atoms with Gasteiger partial charge >= 0.3 is 0 Å². The van der Waals surface area contributed by atoms with Gasteiger partial charge in [-0.15, -0.1) is 0 Å². The lowest BCUT2D eigenvalue weighted by Crippen LogP contribution is -2.23. The Morgan fingerprint density at radius 1 is 0.857 bits per heavy atom. The minimum atomic E-state index is 0.343. The van der Waals surface area contributed by atoms with E-state index < -0.39 is 0 Å². The van der Waals surface area contributed by atoms with E-state index in [9.17, 15) is 0 Å². The smallest absolute Gasteiger partial charge is 0.00508 e. The van der Waals surface area contributed by atoms with Gasteiger partial charge in [0.05, 0.1) is 0 Å². The number of hydrogen-bond acceptors (Lipinski definition) is 2. The third-order valence-corrected chi connectivity index (χ3v) is 2.72. The second kappa shape index (κ2) is 11.0. The fraction of sp³-hybridized carbons (Fsp3) is 1.00. The van der Waals surface area contributed by atoms with Gasteiger partial charge in [-0.3, -0.25) is 0 Å². The normalized spacial score (nSPS) is 13.1. The van der Waals surface area contributed by atoms with Gasteiger partial charge in [0, 0.05) is 6.04 Å². The molecule has 0 rings (SSSR count). The SMILES string of the molecule is CCCCCCCCCC(N)CCN. The Labute approximate surface area is 89.4 Å². The van der Waals surface area contributed by atoms with Gasteiger partial charge in [-0.05, 0) is 19.4 Å². The van der Waals surface area contributed by atoms with Crippen molar-refractivity contribution in [2.45, 2.75) is 70.8 Å². The molecule has 0 bridgehead atoms. The lowest BCUT2D eigenvalue weighted by molar-refractivity contribution is 0.513. The van der Waals surface area contributed by atoms with Crippen LogP contribution in [0.5, 0.6) is 0 Å². The molecule has 1 atom stereocenters. The minimum Gasteiger partial charge on any atom is -0.330 e. The summed E-state index contributed by atoms with van der Waals surface area (Å²) in [6, 6.07) is 0.343. The van der Waals surface area contributed by atoms with Gasteiger partial charge in [0.15, 0.2) is 0 Å². The summed E-state index contributed by atoms with van der Waals surface area (Å²) in [5, 5.41) is 0. The molecule has 0 amide bonds. The lowest BCUT2D eigenvalue weighted by Gasteiger charge is -2.09. The van der Waals surface area contributed by atoms with E-state index >= 15 is 0 Å². The molecule has 4 N–H and O–H groups in total. The van der Waals surface area contributed by atoms with Crippen LogP contribution in [0.2, 0.25) is 0 Å². The highest BCUT2D eigenvalue weighted by Gasteiger charge is 1.99. The van der Waals surface area contributed by atoms with Gasteiger partial charge in [0.1, 0.15) is 0 Å². The Morgan fingerprint density at radius 2 is 1.43 bits per heavy atom. The number of rotatable bonds is 10. The van der Waals surface area contributed by atoms with E-state index in [1.165, 1.54) is 44.9 Å². The molecule has 0 aliphatic heterocycles. The molecule has 0 saturated heterocycles. The number of unbranched alkanes of at least 4 members (excludes halogenated alkanes) is 6. The Hall–Kier alpha value is -0.0800. The van der Waals surface area contributed by atoms with Crippen LogP contribution in [-0.2, 0) is 0 Å². The van der Waals surface area contributed by atoms with Crippen molar-refractivity contribution < 1.29 is 0 Å². The maximum Gasteiger partial charge on any atom is 0.00508 e. The van der Waals surface area contributed by atoms with E-state index in [-0.39, 0.29) is 0 Å². The summed E-state index contributed by atoms with van der Waals surface area (Å²) in [6.07, 6.45) is 11.7. The first-order valence-electron chi connectivity index (χ1n) is 6.27. The second-order valence-electron chi connectivity index (χ2n) is 4.25. The zero-order valence-corrected chi connectivity index (χ0v) is 9.80. The molecule has 2 nitrogen and oxygen atoms in total. The van der Waals surface area contributed by atoms with Crippen molar-refractivity contribution >= 4 is 0 Å². The molecule has 0 fully saturated rings. The van der Waals surface area contributed by atoms with E-state index in [0.717, 1.165) is 19.4 Å². The van der Waals surface area contributed by atoms with Crippen LogP contribution in [0.4, 0.5) is 0 Å². The Morgan fingerprint density at radius 3 is 2.00 bits per heavy atom. The summed E-state index contributed by atoms with van der Waals surface area (Å²) >= 11 is 0. The highest BCUT2D eigenvalue weighted by atomic mass is 14.6. The van der Waals surface area contributed by atoms with Crippen LogP contribution in [0.15, 0.2) is 0 Å². The van der Waals surface area contributed by atoms with Gasteiger partial charge in [-0.2, -0.15) is 0 Å². The van der Waals surface area contributed by atoms with Gasteiger partial charge in [0.25, 0.3) is 0 Å². The highest BCUT2D eigenvalue weighted by Crippen LogP contribution is 2.09. The summed E-state index contributed by atoms with van der Waals surface area (Å²) in [6.45, 7) is 2.99. The molecule has 0 aliphatic carbocycles. The van der Waals surface area contributed by atoms with Crippen LogP contribution in [0.1, 0.15) is 64.7 Å². The molecule has 0 heterocycles. The van der Waals surface area contributed by atoms with Gasteiger partial charge in [-0.1, -0.05) is 51.9 Å². The third kappa shape index (κ3) is 10.0. The van der Waals surface area contributed by atoms with Gasteiger partial charge in [0.2, 0.25) is 0 Å². The first-order chi connectivity index (χ1) is 6.81. The van der Waals surface area contributed by atoms with Crippen LogP contribution in [0.3, 0.4) is 0 Å². The van der Waals surface area contributed by atoms with Gasteiger partial charge < -0.3 is 11.5 Å². The first-order valence-corrected chi connectivity index (χ1v) is 6.27. The minimum absolute atomic E-state index is 0.343. The van der Waals surface area contributed by atoms with Crippen molar-refractivity contribution in [3.05, 3.63) is 0 Å². The monoisotopic (exact) mass is 200 g/mol. The molecular formula is C12H28N2. The number of nitrogens with two attached hydrogens (primary N) is 2. The van der Waals surface area contributed by atoms with Crippen molar-refractivity contribution in [2.75, 3.05) is 6.54 Å². The van der Waals surface area contributed by atoms with Crippen LogP contribution in [0.25, 0.3) is 0 Å². The van der Waals surface area contributed by atoms with Gasteiger partial charge in [-0.25, -0.2) is 0 Å². The van der Waals surface area contributed by atoms with Crippen LogP contribution < -0.4 is 11.5 Å². The van der Waals surface area contributed by atoms with Crippen LogP contribution in [0, 0.1) is 0 Å². The quantitative estimate of drug-likeness (QED) is 0.533. The molecule has 0 aromatic heterocycles. The molecule has 86 valence electrons. The fourth-order valence-corrected chi connectivity index (χ4v) is 1.72. The van der Waals surface area contributed by atoms with E-state index in [0.29, 0.717) is 6.04 Å². The molecule has 0 radical (unpaired) electrons. The maximum atomic E-state index is 5.87. The molecule has 1 unspecified atom stereocenters. The number of hydrogen-bond donors (Lipinski definition) is 2.